The van der Waals surface area contributed by atoms with Gasteiger partial charge in [0.25, 0.3) is 11.8 Å². The average molecular weight is 444 g/mol. The Hall–Kier alpha value is -4.26. The van der Waals surface area contributed by atoms with Crippen LogP contribution < -0.4 is 20.5 Å². The quantitative estimate of drug-likeness (QED) is 0.462. The fourth-order valence-electron chi connectivity index (χ4n) is 3.87. The lowest BCUT2D eigenvalue weighted by Gasteiger charge is -2.11. The van der Waals surface area contributed by atoms with Gasteiger partial charge in [0.05, 0.1) is 25.3 Å². The number of ether oxygens (including phenoxy) is 2. The predicted octanol–water partition coefficient (Wildman–Crippen LogP) is 4.80. The van der Waals surface area contributed by atoms with Crippen molar-refractivity contribution >= 4 is 34.2 Å². The maximum absolute atomic E-state index is 13.5. The van der Waals surface area contributed by atoms with Gasteiger partial charge in [0, 0.05) is 16.6 Å². The molecule has 0 aliphatic heterocycles. The van der Waals surface area contributed by atoms with Crippen LogP contribution in [0, 0.1) is 13.8 Å². The van der Waals surface area contributed by atoms with E-state index in [1.54, 1.807) is 36.4 Å². The minimum absolute atomic E-state index is 0.0683. The van der Waals surface area contributed by atoms with Gasteiger partial charge < -0.3 is 20.5 Å². The first kappa shape index (κ1) is 22.0. The third-order valence-corrected chi connectivity index (χ3v) is 5.61. The predicted molar refractivity (Wildman–Crippen MR) is 129 cm³/mol. The molecule has 0 aliphatic rings. The number of nitrogens with one attached hydrogen (secondary N) is 1. The molecule has 1 aromatic heterocycles. The van der Waals surface area contributed by atoms with Crippen LogP contribution in [0.1, 0.15) is 31.8 Å². The molecule has 3 N–H and O–H groups in total. The van der Waals surface area contributed by atoms with Gasteiger partial charge in [-0.05, 0) is 55.3 Å². The van der Waals surface area contributed by atoms with E-state index in [4.69, 9.17) is 15.2 Å². The number of nitrogen functional groups attached to an aromatic ring is 1. The molecule has 0 unspecified atom stereocenters. The van der Waals surface area contributed by atoms with Crippen LogP contribution in [-0.2, 0) is 0 Å². The SMILES string of the molecule is COc1ccc(C(=O)n2c(N)c(C(=O)Nc3cc(C)ccc3C)c3ccccc32)cc1OC. The Morgan fingerprint density at radius 1 is 0.909 bits per heavy atom. The van der Waals surface area contributed by atoms with Crippen molar-refractivity contribution in [1.29, 1.82) is 0 Å². The zero-order valence-electron chi connectivity index (χ0n) is 18.9. The number of anilines is 2. The molecule has 0 saturated heterocycles. The van der Waals surface area contributed by atoms with E-state index in [0.29, 0.717) is 33.7 Å². The fraction of sp³-hybridized carbons (Fsp3) is 0.154. The van der Waals surface area contributed by atoms with Crippen LogP contribution in [0.3, 0.4) is 0 Å². The van der Waals surface area contributed by atoms with Crippen LogP contribution in [0.2, 0.25) is 0 Å². The monoisotopic (exact) mass is 443 g/mol. The number of nitrogens with two attached hydrogens (primary N) is 1. The van der Waals surface area contributed by atoms with Gasteiger partial charge in [-0.2, -0.15) is 0 Å². The van der Waals surface area contributed by atoms with Crippen molar-refractivity contribution in [2.24, 2.45) is 0 Å². The van der Waals surface area contributed by atoms with Crippen LogP contribution in [0.5, 0.6) is 11.5 Å². The lowest BCUT2D eigenvalue weighted by atomic mass is 10.1. The lowest BCUT2D eigenvalue weighted by Crippen LogP contribution is -2.18. The first-order valence-corrected chi connectivity index (χ1v) is 10.4. The molecule has 1 heterocycles. The molecule has 4 aromatic rings. The van der Waals surface area contributed by atoms with Crippen molar-refractivity contribution < 1.29 is 19.1 Å². The highest BCUT2D eigenvalue weighted by Crippen LogP contribution is 2.32. The molecule has 0 radical (unpaired) electrons. The number of methoxy groups -OCH3 is 2. The Kier molecular flexibility index (Phi) is 5.79. The van der Waals surface area contributed by atoms with Crippen molar-refractivity contribution in [1.82, 2.24) is 4.57 Å². The minimum atomic E-state index is -0.379. The second-order valence-electron chi connectivity index (χ2n) is 7.76. The third-order valence-electron chi connectivity index (χ3n) is 5.61. The molecule has 7 nitrogen and oxygen atoms in total. The molecule has 0 spiro atoms. The van der Waals surface area contributed by atoms with E-state index in [1.165, 1.54) is 18.8 Å². The molecule has 7 heteroatoms. The maximum Gasteiger partial charge on any atom is 0.264 e. The summed E-state index contributed by atoms with van der Waals surface area (Å²) in [5.41, 5.74) is 10.2. The zero-order chi connectivity index (χ0) is 23.7. The Morgan fingerprint density at radius 2 is 1.64 bits per heavy atom. The zero-order valence-corrected chi connectivity index (χ0v) is 18.9. The second kappa shape index (κ2) is 8.70. The first-order chi connectivity index (χ1) is 15.8. The highest BCUT2D eigenvalue weighted by atomic mass is 16.5. The summed E-state index contributed by atoms with van der Waals surface area (Å²) in [6, 6.07) is 17.8. The summed E-state index contributed by atoms with van der Waals surface area (Å²) in [5.74, 6) is 0.241. The van der Waals surface area contributed by atoms with E-state index < -0.39 is 0 Å². The van der Waals surface area contributed by atoms with Crippen molar-refractivity contribution in [3.05, 3.63) is 82.9 Å². The Bertz CT molecular complexity index is 1390. The number of rotatable bonds is 5. The number of aromatic nitrogens is 1. The van der Waals surface area contributed by atoms with E-state index in [1.807, 2.05) is 38.1 Å². The third kappa shape index (κ3) is 3.89. The molecule has 0 saturated carbocycles. The minimum Gasteiger partial charge on any atom is -0.493 e. The number of fused-ring (bicyclic) bond motifs is 1. The van der Waals surface area contributed by atoms with Gasteiger partial charge >= 0.3 is 0 Å². The first-order valence-electron chi connectivity index (χ1n) is 10.4. The van der Waals surface area contributed by atoms with Crippen LogP contribution >= 0.6 is 0 Å². The van der Waals surface area contributed by atoms with Gasteiger partial charge in [-0.15, -0.1) is 0 Å². The number of carbonyl (C=O) groups is 2. The molecule has 168 valence electrons. The van der Waals surface area contributed by atoms with E-state index in [9.17, 15) is 9.59 Å². The number of carbonyl (C=O) groups excluding carboxylic acids is 2. The van der Waals surface area contributed by atoms with Gasteiger partial charge in [0.2, 0.25) is 0 Å². The summed E-state index contributed by atoms with van der Waals surface area (Å²) in [5, 5.41) is 3.54. The molecular formula is C26H25N3O4. The summed E-state index contributed by atoms with van der Waals surface area (Å²) < 4.78 is 11.9. The van der Waals surface area contributed by atoms with Crippen LogP contribution in [0.15, 0.2) is 60.7 Å². The molecule has 33 heavy (non-hydrogen) atoms. The van der Waals surface area contributed by atoms with Gasteiger partial charge in [-0.25, -0.2) is 0 Å². The number of aryl methyl sites for hydroxylation is 2. The van der Waals surface area contributed by atoms with Crippen molar-refractivity contribution in [3.8, 4) is 11.5 Å². The van der Waals surface area contributed by atoms with E-state index in [-0.39, 0.29) is 23.2 Å². The normalized spacial score (nSPS) is 10.8. The van der Waals surface area contributed by atoms with Gasteiger partial charge in [-0.1, -0.05) is 30.3 Å². The summed E-state index contributed by atoms with van der Waals surface area (Å²) >= 11 is 0. The number of hydrogen-bond acceptors (Lipinski definition) is 5. The fourth-order valence-corrected chi connectivity index (χ4v) is 3.87. The standard InChI is InChI=1S/C26H25N3O4/c1-15-9-10-16(2)19(13-15)28-25(30)23-18-7-5-6-8-20(18)29(24(23)27)26(31)17-11-12-21(32-3)22(14-17)33-4/h5-14H,27H2,1-4H3,(H,28,30). The van der Waals surface area contributed by atoms with Crippen molar-refractivity contribution in [2.75, 3.05) is 25.3 Å². The van der Waals surface area contributed by atoms with Crippen LogP contribution in [-0.4, -0.2) is 30.6 Å². The molecule has 3 aromatic carbocycles. The van der Waals surface area contributed by atoms with E-state index >= 15 is 0 Å². The Balaban J connectivity index is 1.82. The molecular weight excluding hydrogens is 418 g/mol. The number of nitrogens with zero attached hydrogens (tertiary/aromatic N) is 1. The second-order valence-corrected chi connectivity index (χ2v) is 7.76. The topological polar surface area (TPSA) is 95.6 Å². The smallest absolute Gasteiger partial charge is 0.264 e. The van der Waals surface area contributed by atoms with Crippen LogP contribution in [0.25, 0.3) is 10.9 Å². The highest BCUT2D eigenvalue weighted by molar-refractivity contribution is 6.20. The molecule has 1 amide bonds. The molecule has 0 aliphatic carbocycles. The number of amides is 1. The van der Waals surface area contributed by atoms with Crippen LogP contribution in [0.4, 0.5) is 11.5 Å². The molecule has 0 fully saturated rings. The summed E-state index contributed by atoms with van der Waals surface area (Å²) in [7, 11) is 3.03. The van der Waals surface area contributed by atoms with E-state index in [2.05, 4.69) is 5.32 Å². The Labute approximate surface area is 191 Å². The van der Waals surface area contributed by atoms with Gasteiger partial charge in [0.1, 0.15) is 5.82 Å². The molecule has 0 bridgehead atoms. The molecule has 0 atom stereocenters. The average Bonchev–Trinajstić information content (AvgIpc) is 3.12. The maximum atomic E-state index is 13.5. The summed E-state index contributed by atoms with van der Waals surface area (Å²) in [6.07, 6.45) is 0. The summed E-state index contributed by atoms with van der Waals surface area (Å²) in [6.45, 7) is 3.87. The van der Waals surface area contributed by atoms with Crippen molar-refractivity contribution in [3.63, 3.8) is 0 Å². The highest BCUT2D eigenvalue weighted by Gasteiger charge is 2.25. The number of para-hydroxylation sites is 1. The van der Waals surface area contributed by atoms with E-state index in [0.717, 1.165) is 11.1 Å². The van der Waals surface area contributed by atoms with Gasteiger partial charge in [-0.3, -0.25) is 14.2 Å². The number of hydrogen-bond donors (Lipinski definition) is 2. The number of benzene rings is 3. The van der Waals surface area contributed by atoms with Gasteiger partial charge in [0.15, 0.2) is 11.5 Å². The molecule has 4 rings (SSSR count). The Morgan fingerprint density at radius 3 is 2.36 bits per heavy atom. The largest absolute Gasteiger partial charge is 0.493 e. The summed E-state index contributed by atoms with van der Waals surface area (Å²) in [4.78, 5) is 26.8. The lowest BCUT2D eigenvalue weighted by molar-refractivity contribution is 0.0967. The van der Waals surface area contributed by atoms with Crippen molar-refractivity contribution in [2.45, 2.75) is 13.8 Å².